The van der Waals surface area contributed by atoms with Crippen molar-refractivity contribution in [2.24, 2.45) is 28.6 Å². The van der Waals surface area contributed by atoms with Gasteiger partial charge in [-0.05, 0) is 54.3 Å². The molecule has 0 aromatic rings. The Balaban J connectivity index is 2.29. The van der Waals surface area contributed by atoms with E-state index in [2.05, 4.69) is 34.6 Å². The fourth-order valence-corrected chi connectivity index (χ4v) is 6.00. The van der Waals surface area contributed by atoms with Crippen LogP contribution in [0.4, 0.5) is 0 Å². The van der Waals surface area contributed by atoms with Crippen LogP contribution >= 0.6 is 0 Å². The van der Waals surface area contributed by atoms with Gasteiger partial charge in [0.1, 0.15) is 0 Å². The third-order valence-electron chi connectivity index (χ3n) is 6.73. The van der Waals surface area contributed by atoms with Crippen molar-refractivity contribution in [3.8, 4) is 0 Å². The maximum Gasteiger partial charge on any atom is -0.0187 e. The van der Waals surface area contributed by atoms with Crippen LogP contribution in [0.15, 0.2) is 0 Å². The van der Waals surface area contributed by atoms with E-state index in [1.807, 2.05) is 0 Å². The smallest absolute Gasteiger partial charge is 0.0187 e. The van der Waals surface area contributed by atoms with Crippen molar-refractivity contribution >= 4 is 0 Å². The molecule has 16 heavy (non-hydrogen) atoms. The molecule has 2 fully saturated rings. The summed E-state index contributed by atoms with van der Waals surface area (Å²) in [4.78, 5) is 0. The largest absolute Gasteiger partial charge is 0.0654 e. The lowest BCUT2D eigenvalue weighted by molar-refractivity contribution is -0.296. The number of rotatable bonds is 5. The Labute approximate surface area is 102 Å². The van der Waals surface area contributed by atoms with Crippen molar-refractivity contribution in [3.05, 3.63) is 0 Å². The SMILES string of the molecule is CCCC12CCC1C(C)C2(CC)C(C)CC. The van der Waals surface area contributed by atoms with Crippen LogP contribution in [-0.2, 0) is 0 Å². The van der Waals surface area contributed by atoms with Crippen LogP contribution in [0.5, 0.6) is 0 Å². The Morgan fingerprint density at radius 3 is 2.31 bits per heavy atom. The van der Waals surface area contributed by atoms with E-state index in [0.29, 0.717) is 5.41 Å². The summed E-state index contributed by atoms with van der Waals surface area (Å²) in [6.45, 7) is 12.3. The van der Waals surface area contributed by atoms with Crippen LogP contribution in [-0.4, -0.2) is 0 Å². The maximum atomic E-state index is 2.55. The van der Waals surface area contributed by atoms with Crippen LogP contribution < -0.4 is 0 Å². The summed E-state index contributed by atoms with van der Waals surface area (Å²) >= 11 is 0. The van der Waals surface area contributed by atoms with E-state index in [4.69, 9.17) is 0 Å². The fourth-order valence-electron chi connectivity index (χ4n) is 6.00. The van der Waals surface area contributed by atoms with E-state index in [1.165, 1.54) is 38.5 Å². The molecular weight excluding hydrogens is 192 g/mol. The number of hydrogen-bond donors (Lipinski definition) is 0. The first-order chi connectivity index (χ1) is 7.60. The normalized spacial score (nSPS) is 47.8. The van der Waals surface area contributed by atoms with Crippen LogP contribution in [0.3, 0.4) is 0 Å². The van der Waals surface area contributed by atoms with Gasteiger partial charge in [0.25, 0.3) is 0 Å². The minimum absolute atomic E-state index is 0.695. The van der Waals surface area contributed by atoms with Gasteiger partial charge in [-0.3, -0.25) is 0 Å². The number of fused-ring (bicyclic) bond motifs is 1. The first-order valence-electron chi connectivity index (χ1n) is 7.60. The van der Waals surface area contributed by atoms with Crippen molar-refractivity contribution in [1.82, 2.24) is 0 Å². The Morgan fingerprint density at radius 1 is 1.25 bits per heavy atom. The maximum absolute atomic E-state index is 2.55. The standard InChI is InChI=1S/C16H30/c1-6-10-15-11-9-14(15)13(5)16(15,8-3)12(4)7-2/h12-14H,6-11H2,1-5H3. The van der Waals surface area contributed by atoms with E-state index >= 15 is 0 Å². The highest BCUT2D eigenvalue weighted by Gasteiger charge is 2.72. The zero-order valence-electron chi connectivity index (χ0n) is 12.0. The third-order valence-corrected chi connectivity index (χ3v) is 6.73. The molecule has 0 amide bonds. The van der Waals surface area contributed by atoms with Gasteiger partial charge in [-0.15, -0.1) is 0 Å². The van der Waals surface area contributed by atoms with E-state index < -0.39 is 0 Å². The zero-order valence-corrected chi connectivity index (χ0v) is 12.0. The highest BCUT2D eigenvalue weighted by Crippen LogP contribution is 2.79. The van der Waals surface area contributed by atoms with E-state index in [0.717, 1.165) is 23.2 Å². The third kappa shape index (κ3) is 1.12. The van der Waals surface area contributed by atoms with Crippen molar-refractivity contribution < 1.29 is 0 Å². The minimum Gasteiger partial charge on any atom is -0.0654 e. The monoisotopic (exact) mass is 222 g/mol. The first-order valence-corrected chi connectivity index (χ1v) is 7.60. The van der Waals surface area contributed by atoms with Crippen LogP contribution in [0.1, 0.15) is 73.1 Å². The quantitative estimate of drug-likeness (QED) is 0.594. The first kappa shape index (κ1) is 12.5. The predicted octanol–water partition coefficient (Wildman–Crippen LogP) is 5.28. The second-order valence-corrected chi connectivity index (χ2v) is 6.54. The Kier molecular flexibility index (Phi) is 3.14. The molecule has 0 spiro atoms. The van der Waals surface area contributed by atoms with Crippen molar-refractivity contribution in [2.75, 3.05) is 0 Å². The molecule has 0 N–H and O–H groups in total. The van der Waals surface area contributed by atoms with Crippen LogP contribution in [0.2, 0.25) is 0 Å². The molecule has 2 aliphatic rings. The molecule has 2 aliphatic carbocycles. The lowest BCUT2D eigenvalue weighted by Crippen LogP contribution is -2.71. The Bertz CT molecular complexity index is 251. The zero-order chi connectivity index (χ0) is 12.0. The van der Waals surface area contributed by atoms with Gasteiger partial charge in [-0.1, -0.05) is 47.5 Å². The molecule has 0 aliphatic heterocycles. The summed E-state index contributed by atoms with van der Waals surface area (Å²) < 4.78 is 0. The van der Waals surface area contributed by atoms with E-state index in [9.17, 15) is 0 Å². The average Bonchev–Trinajstić information content (AvgIpc) is 2.27. The average molecular weight is 222 g/mol. The van der Waals surface area contributed by atoms with Crippen molar-refractivity contribution in [3.63, 3.8) is 0 Å². The molecule has 2 rings (SSSR count). The molecule has 5 atom stereocenters. The highest BCUT2D eigenvalue weighted by molar-refractivity contribution is 5.21. The second-order valence-electron chi connectivity index (χ2n) is 6.54. The van der Waals surface area contributed by atoms with Gasteiger partial charge in [0.2, 0.25) is 0 Å². The Morgan fingerprint density at radius 2 is 1.94 bits per heavy atom. The molecule has 0 bridgehead atoms. The summed E-state index contributed by atoms with van der Waals surface area (Å²) in [5.41, 5.74) is 1.46. The Hall–Kier alpha value is 0. The van der Waals surface area contributed by atoms with Gasteiger partial charge in [0, 0.05) is 0 Å². The van der Waals surface area contributed by atoms with E-state index in [1.54, 1.807) is 0 Å². The van der Waals surface area contributed by atoms with Gasteiger partial charge in [0.15, 0.2) is 0 Å². The molecule has 2 saturated carbocycles. The predicted molar refractivity (Wildman–Crippen MR) is 71.4 cm³/mol. The molecule has 0 saturated heterocycles. The molecular formula is C16H30. The van der Waals surface area contributed by atoms with Crippen LogP contribution in [0.25, 0.3) is 0 Å². The van der Waals surface area contributed by atoms with E-state index in [-0.39, 0.29) is 0 Å². The highest BCUT2D eigenvalue weighted by atomic mass is 14.8. The lowest BCUT2D eigenvalue weighted by Gasteiger charge is -2.78. The van der Waals surface area contributed by atoms with Gasteiger partial charge < -0.3 is 0 Å². The second kappa shape index (κ2) is 4.03. The minimum atomic E-state index is 0.695. The molecule has 0 radical (unpaired) electrons. The van der Waals surface area contributed by atoms with Gasteiger partial charge in [-0.2, -0.15) is 0 Å². The van der Waals surface area contributed by atoms with Gasteiger partial charge >= 0.3 is 0 Å². The van der Waals surface area contributed by atoms with Crippen molar-refractivity contribution in [1.29, 1.82) is 0 Å². The molecule has 0 heteroatoms. The summed E-state index contributed by atoms with van der Waals surface area (Å²) in [5, 5.41) is 0. The molecule has 94 valence electrons. The fraction of sp³-hybridized carbons (Fsp3) is 1.00. The van der Waals surface area contributed by atoms with Crippen molar-refractivity contribution in [2.45, 2.75) is 73.1 Å². The summed E-state index contributed by atoms with van der Waals surface area (Å²) in [6, 6.07) is 0. The molecule has 0 aromatic carbocycles. The summed E-state index contributed by atoms with van der Waals surface area (Å²) in [6.07, 6.45) is 8.74. The molecule has 5 unspecified atom stereocenters. The molecule has 0 heterocycles. The number of hydrogen-bond acceptors (Lipinski definition) is 0. The summed E-state index contributed by atoms with van der Waals surface area (Å²) in [7, 11) is 0. The van der Waals surface area contributed by atoms with Crippen LogP contribution in [0, 0.1) is 28.6 Å². The molecule has 0 nitrogen and oxygen atoms in total. The topological polar surface area (TPSA) is 0 Å². The van der Waals surface area contributed by atoms with Gasteiger partial charge in [-0.25, -0.2) is 0 Å². The lowest BCUT2D eigenvalue weighted by atomic mass is 9.27. The van der Waals surface area contributed by atoms with Gasteiger partial charge in [0.05, 0.1) is 0 Å². The molecule has 0 aromatic heterocycles. The summed E-state index contributed by atoms with van der Waals surface area (Å²) in [5.74, 6) is 3.00.